The molecular formula is C15H18N2O. The molecule has 0 unspecified atom stereocenters. The van der Waals surface area contributed by atoms with Gasteiger partial charge in [-0.1, -0.05) is 25.0 Å². The number of rotatable bonds is 2. The van der Waals surface area contributed by atoms with E-state index in [-0.39, 0.29) is 5.91 Å². The Bertz CT molecular complexity index is 437. The van der Waals surface area contributed by atoms with Crippen molar-refractivity contribution in [1.82, 2.24) is 4.90 Å². The summed E-state index contributed by atoms with van der Waals surface area (Å²) in [6.45, 7) is 1.75. The first-order chi connectivity index (χ1) is 8.81. The Balaban J connectivity index is 2.05. The number of hydrogen-bond donors (Lipinski definition) is 0. The highest BCUT2D eigenvalue weighted by atomic mass is 16.2. The van der Waals surface area contributed by atoms with Gasteiger partial charge in [0.05, 0.1) is 12.5 Å². The molecular weight excluding hydrogens is 224 g/mol. The number of nitriles is 1. The molecule has 1 amide bonds. The molecule has 0 radical (unpaired) electrons. The maximum Gasteiger partial charge on any atom is 0.253 e. The topological polar surface area (TPSA) is 44.1 Å². The van der Waals surface area contributed by atoms with Crippen molar-refractivity contribution in [3.63, 3.8) is 0 Å². The van der Waals surface area contributed by atoms with Crippen LogP contribution in [0.3, 0.4) is 0 Å². The molecule has 0 bridgehead atoms. The monoisotopic (exact) mass is 242 g/mol. The van der Waals surface area contributed by atoms with Gasteiger partial charge in [-0.05, 0) is 30.5 Å². The van der Waals surface area contributed by atoms with Crippen LogP contribution in [-0.4, -0.2) is 23.9 Å². The molecule has 1 fully saturated rings. The summed E-state index contributed by atoms with van der Waals surface area (Å²) < 4.78 is 0. The van der Waals surface area contributed by atoms with Crippen molar-refractivity contribution in [3.05, 3.63) is 35.4 Å². The van der Waals surface area contributed by atoms with E-state index in [1.165, 1.54) is 12.8 Å². The lowest BCUT2D eigenvalue weighted by atomic mass is 10.1. The standard InChI is InChI=1S/C15H18N2O/c16-10-9-13-5-7-14(8-6-13)15(18)17-11-3-1-2-4-12-17/h5-8H,1-4,9,11-12H2. The summed E-state index contributed by atoms with van der Waals surface area (Å²) in [6, 6.07) is 9.51. The minimum Gasteiger partial charge on any atom is -0.339 e. The van der Waals surface area contributed by atoms with Gasteiger partial charge in [-0.2, -0.15) is 5.26 Å². The summed E-state index contributed by atoms with van der Waals surface area (Å²) in [5.74, 6) is 0.125. The summed E-state index contributed by atoms with van der Waals surface area (Å²) in [4.78, 5) is 14.2. The molecule has 2 rings (SSSR count). The van der Waals surface area contributed by atoms with Crippen molar-refractivity contribution in [2.45, 2.75) is 32.1 Å². The number of carbonyl (C=O) groups is 1. The predicted octanol–water partition coefficient (Wildman–Crippen LogP) is 2.77. The molecule has 3 nitrogen and oxygen atoms in total. The molecule has 1 aliphatic heterocycles. The first-order valence-electron chi connectivity index (χ1n) is 6.56. The molecule has 3 heteroatoms. The summed E-state index contributed by atoms with van der Waals surface area (Å²) in [7, 11) is 0. The lowest BCUT2D eigenvalue weighted by Gasteiger charge is -2.20. The van der Waals surface area contributed by atoms with Crippen LogP contribution < -0.4 is 0 Å². The van der Waals surface area contributed by atoms with E-state index in [1.807, 2.05) is 29.2 Å². The Labute approximate surface area is 108 Å². The van der Waals surface area contributed by atoms with Crippen molar-refractivity contribution in [1.29, 1.82) is 5.26 Å². The molecule has 1 heterocycles. The SMILES string of the molecule is N#CCc1ccc(C(=O)N2CCCCCC2)cc1. The number of carbonyl (C=O) groups excluding carboxylic acids is 1. The molecule has 0 N–H and O–H groups in total. The van der Waals surface area contributed by atoms with Crippen LogP contribution in [0.5, 0.6) is 0 Å². The maximum atomic E-state index is 12.3. The first kappa shape index (κ1) is 12.6. The number of nitrogens with zero attached hydrogens (tertiary/aromatic N) is 2. The molecule has 0 atom stereocenters. The van der Waals surface area contributed by atoms with Crippen LogP contribution in [0.15, 0.2) is 24.3 Å². The smallest absolute Gasteiger partial charge is 0.253 e. The molecule has 0 aromatic heterocycles. The Hall–Kier alpha value is -1.82. The minimum absolute atomic E-state index is 0.125. The van der Waals surface area contributed by atoms with Crippen molar-refractivity contribution in [3.8, 4) is 6.07 Å². The van der Waals surface area contributed by atoms with Crippen molar-refractivity contribution >= 4 is 5.91 Å². The van der Waals surface area contributed by atoms with Crippen LogP contribution in [0.2, 0.25) is 0 Å². The predicted molar refractivity (Wildman–Crippen MR) is 70.1 cm³/mol. The minimum atomic E-state index is 0.125. The van der Waals surface area contributed by atoms with Gasteiger partial charge in [-0.25, -0.2) is 0 Å². The molecule has 1 aromatic carbocycles. The van der Waals surface area contributed by atoms with E-state index in [0.717, 1.165) is 37.1 Å². The van der Waals surface area contributed by atoms with E-state index in [0.29, 0.717) is 6.42 Å². The van der Waals surface area contributed by atoms with Crippen LogP contribution in [0, 0.1) is 11.3 Å². The van der Waals surface area contributed by atoms with Crippen LogP contribution in [0.1, 0.15) is 41.6 Å². The third-order valence-electron chi connectivity index (χ3n) is 3.38. The molecule has 1 saturated heterocycles. The second-order valence-electron chi connectivity index (χ2n) is 4.74. The zero-order chi connectivity index (χ0) is 12.8. The fourth-order valence-electron chi connectivity index (χ4n) is 2.31. The third-order valence-corrected chi connectivity index (χ3v) is 3.38. The van der Waals surface area contributed by atoms with Gasteiger partial charge in [0.15, 0.2) is 0 Å². The number of likely N-dealkylation sites (tertiary alicyclic amines) is 1. The Morgan fingerprint density at radius 2 is 1.72 bits per heavy atom. The molecule has 1 aromatic rings. The van der Waals surface area contributed by atoms with Crippen LogP contribution in [0.4, 0.5) is 0 Å². The van der Waals surface area contributed by atoms with E-state index in [4.69, 9.17) is 5.26 Å². The molecule has 0 aliphatic carbocycles. The highest BCUT2D eigenvalue weighted by Crippen LogP contribution is 2.14. The van der Waals surface area contributed by atoms with Gasteiger partial charge < -0.3 is 4.90 Å². The summed E-state index contributed by atoms with van der Waals surface area (Å²) in [6.07, 6.45) is 5.07. The van der Waals surface area contributed by atoms with Crippen molar-refractivity contribution < 1.29 is 4.79 Å². The van der Waals surface area contributed by atoms with Crippen LogP contribution in [-0.2, 0) is 6.42 Å². The summed E-state index contributed by atoms with van der Waals surface area (Å²) in [5.41, 5.74) is 1.70. The van der Waals surface area contributed by atoms with Crippen LogP contribution in [0.25, 0.3) is 0 Å². The van der Waals surface area contributed by atoms with E-state index in [9.17, 15) is 4.79 Å². The normalized spacial score (nSPS) is 15.8. The first-order valence-corrected chi connectivity index (χ1v) is 6.56. The quantitative estimate of drug-likeness (QED) is 0.800. The lowest BCUT2D eigenvalue weighted by Crippen LogP contribution is -2.31. The average Bonchev–Trinajstić information content (AvgIpc) is 2.68. The maximum absolute atomic E-state index is 12.3. The molecule has 94 valence electrons. The zero-order valence-electron chi connectivity index (χ0n) is 10.6. The van der Waals surface area contributed by atoms with Crippen LogP contribution >= 0.6 is 0 Å². The second kappa shape index (κ2) is 6.20. The average molecular weight is 242 g/mol. The fraction of sp³-hybridized carbons (Fsp3) is 0.467. The molecule has 0 spiro atoms. The molecule has 18 heavy (non-hydrogen) atoms. The second-order valence-corrected chi connectivity index (χ2v) is 4.74. The summed E-state index contributed by atoms with van der Waals surface area (Å²) >= 11 is 0. The molecule has 0 saturated carbocycles. The number of hydrogen-bond acceptors (Lipinski definition) is 2. The van der Waals surface area contributed by atoms with E-state index < -0.39 is 0 Å². The Kier molecular flexibility index (Phi) is 4.35. The van der Waals surface area contributed by atoms with Gasteiger partial charge in [0.1, 0.15) is 0 Å². The van der Waals surface area contributed by atoms with Gasteiger partial charge in [-0.3, -0.25) is 4.79 Å². The van der Waals surface area contributed by atoms with E-state index in [1.54, 1.807) is 0 Å². The molecule has 1 aliphatic rings. The summed E-state index contributed by atoms with van der Waals surface area (Å²) in [5, 5.41) is 8.61. The van der Waals surface area contributed by atoms with Gasteiger partial charge >= 0.3 is 0 Å². The fourth-order valence-corrected chi connectivity index (χ4v) is 2.31. The zero-order valence-corrected chi connectivity index (χ0v) is 10.6. The van der Waals surface area contributed by atoms with Gasteiger partial charge in [-0.15, -0.1) is 0 Å². The van der Waals surface area contributed by atoms with E-state index >= 15 is 0 Å². The van der Waals surface area contributed by atoms with Gasteiger partial charge in [0.25, 0.3) is 5.91 Å². The third kappa shape index (κ3) is 3.10. The van der Waals surface area contributed by atoms with Crippen molar-refractivity contribution in [2.24, 2.45) is 0 Å². The number of amides is 1. The Morgan fingerprint density at radius 3 is 2.28 bits per heavy atom. The highest BCUT2D eigenvalue weighted by Gasteiger charge is 2.16. The van der Waals surface area contributed by atoms with Crippen molar-refractivity contribution in [2.75, 3.05) is 13.1 Å². The van der Waals surface area contributed by atoms with Gasteiger partial charge in [0.2, 0.25) is 0 Å². The largest absolute Gasteiger partial charge is 0.339 e. The highest BCUT2D eigenvalue weighted by molar-refractivity contribution is 5.94. The number of benzene rings is 1. The van der Waals surface area contributed by atoms with E-state index in [2.05, 4.69) is 6.07 Å². The lowest BCUT2D eigenvalue weighted by molar-refractivity contribution is 0.0761. The van der Waals surface area contributed by atoms with Gasteiger partial charge in [0, 0.05) is 18.7 Å². The Morgan fingerprint density at radius 1 is 1.11 bits per heavy atom.